The number of fused-ring (bicyclic) bond motifs is 4. The Labute approximate surface area is 240 Å². The van der Waals surface area contributed by atoms with E-state index in [2.05, 4.69) is 17.6 Å². The highest BCUT2D eigenvalue weighted by Gasteiger charge is 2.43. The van der Waals surface area contributed by atoms with Gasteiger partial charge < -0.3 is 14.6 Å². The number of halogens is 1. The zero-order valence-corrected chi connectivity index (χ0v) is 23.3. The van der Waals surface area contributed by atoms with Gasteiger partial charge in [-0.3, -0.25) is 10.2 Å². The highest BCUT2D eigenvalue weighted by atomic mass is 32.2. The first kappa shape index (κ1) is 25.9. The Morgan fingerprint density at radius 1 is 1.10 bits per heavy atom. The molecule has 0 unspecified atom stereocenters. The number of aliphatic hydroxyl groups is 1. The number of pyridine rings is 1. The van der Waals surface area contributed by atoms with E-state index in [4.69, 9.17) is 9.47 Å². The third-order valence-corrected chi connectivity index (χ3v) is 9.05. The van der Waals surface area contributed by atoms with Crippen molar-refractivity contribution in [2.45, 2.75) is 42.8 Å². The van der Waals surface area contributed by atoms with E-state index in [0.717, 1.165) is 27.1 Å². The molecule has 0 amide bonds. The first-order valence-electron chi connectivity index (χ1n) is 13.7. The van der Waals surface area contributed by atoms with E-state index in [1.54, 1.807) is 22.5 Å². The fourth-order valence-corrected chi connectivity index (χ4v) is 7.01. The van der Waals surface area contributed by atoms with Gasteiger partial charge in [-0.25, -0.2) is 9.07 Å². The Kier molecular flexibility index (Phi) is 6.55. The van der Waals surface area contributed by atoms with Crippen molar-refractivity contribution in [1.82, 2.24) is 4.68 Å². The third-order valence-electron chi connectivity index (χ3n) is 7.88. The minimum Gasteiger partial charge on any atom is -0.482 e. The molecule has 1 aromatic heterocycles. The lowest BCUT2D eigenvalue weighted by molar-refractivity contribution is -0.622. The average Bonchev–Trinajstić information content (AvgIpc) is 3.16. The van der Waals surface area contributed by atoms with Gasteiger partial charge in [0.1, 0.15) is 25.6 Å². The van der Waals surface area contributed by atoms with Crippen LogP contribution in [0.2, 0.25) is 0 Å². The molecule has 208 valence electrons. The van der Waals surface area contributed by atoms with Crippen LogP contribution in [0.5, 0.6) is 5.75 Å². The largest absolute Gasteiger partial charge is 0.482 e. The summed E-state index contributed by atoms with van der Waals surface area (Å²) in [6.07, 6.45) is 0.202. The number of hydrogen-bond acceptors (Lipinski definition) is 5. The third kappa shape index (κ3) is 4.59. The molecule has 3 aromatic carbocycles. The van der Waals surface area contributed by atoms with Gasteiger partial charge in [0.05, 0.1) is 5.69 Å². The van der Waals surface area contributed by atoms with Crippen LogP contribution in [0.1, 0.15) is 34.9 Å². The van der Waals surface area contributed by atoms with E-state index in [-0.39, 0.29) is 35.8 Å². The SMILES string of the molecule is C[C@H]1COC[C@H]2Nn3c(-c4cc(F)cc5c4Cc4ccccc4SC5)cc(=O)c(OCc4ccccc4)c3C(O)=[N+]12. The molecule has 4 heterocycles. The van der Waals surface area contributed by atoms with Gasteiger partial charge >= 0.3 is 5.90 Å². The minimum absolute atomic E-state index is 0.0307. The number of aliphatic hydroxyl groups excluding tert-OH is 1. The second-order valence-electron chi connectivity index (χ2n) is 10.6. The second-order valence-corrected chi connectivity index (χ2v) is 11.6. The van der Waals surface area contributed by atoms with Crippen LogP contribution >= 0.6 is 11.8 Å². The number of nitrogens with zero attached hydrogens (tertiary/aromatic N) is 2. The van der Waals surface area contributed by atoms with Crippen LogP contribution in [0.4, 0.5) is 4.39 Å². The van der Waals surface area contributed by atoms with Gasteiger partial charge in [-0.15, -0.1) is 11.8 Å². The smallest absolute Gasteiger partial charge is 0.392 e. The molecule has 3 aliphatic heterocycles. The molecule has 4 aromatic rings. The summed E-state index contributed by atoms with van der Waals surface area (Å²) in [5.74, 6) is 0.189. The topological polar surface area (TPSA) is 75.7 Å². The second kappa shape index (κ2) is 10.4. The molecular formula is C32H29FN3O4S+. The van der Waals surface area contributed by atoms with Crippen molar-refractivity contribution in [1.29, 1.82) is 0 Å². The molecule has 3 aliphatic rings. The molecule has 0 aliphatic carbocycles. The Morgan fingerprint density at radius 3 is 2.76 bits per heavy atom. The van der Waals surface area contributed by atoms with Crippen LogP contribution in [0, 0.1) is 5.82 Å². The van der Waals surface area contributed by atoms with Crippen molar-refractivity contribution in [2.75, 3.05) is 18.6 Å². The highest BCUT2D eigenvalue weighted by Crippen LogP contribution is 2.39. The van der Waals surface area contributed by atoms with E-state index in [9.17, 15) is 9.90 Å². The van der Waals surface area contributed by atoms with Crippen molar-refractivity contribution >= 4 is 17.7 Å². The molecule has 1 fully saturated rings. The van der Waals surface area contributed by atoms with Crippen molar-refractivity contribution in [3.05, 3.63) is 117 Å². The quantitative estimate of drug-likeness (QED) is 0.335. The van der Waals surface area contributed by atoms with Gasteiger partial charge in [0.2, 0.25) is 16.9 Å². The van der Waals surface area contributed by atoms with Crippen LogP contribution < -0.4 is 15.6 Å². The van der Waals surface area contributed by atoms with Crippen LogP contribution in [0.15, 0.2) is 82.5 Å². The Balaban J connectivity index is 1.44. The van der Waals surface area contributed by atoms with Crippen molar-refractivity contribution in [2.24, 2.45) is 0 Å². The summed E-state index contributed by atoms with van der Waals surface area (Å²) in [6.45, 7) is 2.86. The van der Waals surface area contributed by atoms with Crippen LogP contribution in [-0.4, -0.2) is 45.7 Å². The maximum Gasteiger partial charge on any atom is 0.392 e. The average molecular weight is 571 g/mol. The summed E-state index contributed by atoms with van der Waals surface area (Å²) in [5, 5.41) is 11.7. The zero-order valence-electron chi connectivity index (χ0n) is 22.5. The molecule has 0 saturated carbocycles. The predicted octanol–water partition coefficient (Wildman–Crippen LogP) is 5.05. The number of aromatic nitrogens is 1. The van der Waals surface area contributed by atoms with Gasteiger partial charge in [0, 0.05) is 22.3 Å². The van der Waals surface area contributed by atoms with Gasteiger partial charge in [-0.1, -0.05) is 48.5 Å². The Bertz CT molecular complexity index is 1750. The standard InChI is InChI=1S/C32H28FN3O4S/c1-19-15-39-17-29-34-36-26(25-13-23(33)11-22-18-41-28-10-6-5-9-21(28)12-24(22)25)14-27(37)31(30(36)32(38)35(19)29)40-16-20-7-3-2-4-8-20/h2-11,13-14,19,29,34H,12,15-18H2,1H3/p+1/t19-,29-/m0/s1. The maximum absolute atomic E-state index is 15.2. The molecule has 0 bridgehead atoms. The molecule has 1 saturated heterocycles. The molecule has 0 spiro atoms. The summed E-state index contributed by atoms with van der Waals surface area (Å²) >= 11 is 1.68. The molecule has 9 heteroatoms. The summed E-state index contributed by atoms with van der Waals surface area (Å²) in [6, 6.07) is 22.1. The maximum atomic E-state index is 15.2. The van der Waals surface area contributed by atoms with Gasteiger partial charge in [0.25, 0.3) is 6.17 Å². The van der Waals surface area contributed by atoms with E-state index in [0.29, 0.717) is 36.6 Å². The number of hydrogen-bond donors (Lipinski definition) is 2. The lowest BCUT2D eigenvalue weighted by Crippen LogP contribution is -2.57. The number of ether oxygens (including phenoxy) is 2. The number of rotatable bonds is 4. The molecule has 2 atom stereocenters. The molecule has 2 N–H and O–H groups in total. The molecule has 7 rings (SSSR count). The molecule has 41 heavy (non-hydrogen) atoms. The summed E-state index contributed by atoms with van der Waals surface area (Å²) in [4.78, 5) is 14.9. The lowest BCUT2D eigenvalue weighted by atomic mass is 9.93. The fourth-order valence-electron chi connectivity index (χ4n) is 5.94. The summed E-state index contributed by atoms with van der Waals surface area (Å²) in [5.41, 5.74) is 8.20. The molecule has 0 radical (unpaired) electrons. The normalized spacial score (nSPS) is 19.3. The fraction of sp³-hybridized carbons (Fsp3) is 0.250. The van der Waals surface area contributed by atoms with E-state index in [1.165, 1.54) is 12.1 Å². The van der Waals surface area contributed by atoms with Gasteiger partial charge in [0.15, 0.2) is 6.04 Å². The van der Waals surface area contributed by atoms with Crippen LogP contribution in [-0.2, 0) is 23.5 Å². The number of thioether (sulfide) groups is 1. The Morgan fingerprint density at radius 2 is 1.90 bits per heavy atom. The summed E-state index contributed by atoms with van der Waals surface area (Å²) in [7, 11) is 0. The van der Waals surface area contributed by atoms with E-state index in [1.807, 2.05) is 54.0 Å². The number of benzene rings is 3. The van der Waals surface area contributed by atoms with Crippen molar-refractivity contribution in [3.8, 4) is 17.0 Å². The van der Waals surface area contributed by atoms with Crippen molar-refractivity contribution < 1.29 is 23.5 Å². The minimum atomic E-state index is -0.392. The number of nitrogens with one attached hydrogen (secondary N) is 1. The van der Waals surface area contributed by atoms with E-state index >= 15 is 4.39 Å². The first-order valence-corrected chi connectivity index (χ1v) is 14.6. The molecular weight excluding hydrogens is 541 g/mol. The van der Waals surface area contributed by atoms with Crippen LogP contribution in [0.25, 0.3) is 11.3 Å². The monoisotopic (exact) mass is 570 g/mol. The lowest BCUT2D eigenvalue weighted by Gasteiger charge is -2.34. The highest BCUT2D eigenvalue weighted by molar-refractivity contribution is 7.98. The van der Waals surface area contributed by atoms with Crippen LogP contribution in [0.3, 0.4) is 0 Å². The predicted molar refractivity (Wildman–Crippen MR) is 156 cm³/mol. The molecule has 7 nitrogen and oxygen atoms in total. The van der Waals surface area contributed by atoms with Crippen molar-refractivity contribution in [3.63, 3.8) is 0 Å². The first-order chi connectivity index (χ1) is 20.0. The summed E-state index contributed by atoms with van der Waals surface area (Å²) < 4.78 is 30.6. The van der Waals surface area contributed by atoms with Gasteiger partial charge in [-0.2, -0.15) is 4.58 Å². The van der Waals surface area contributed by atoms with E-state index < -0.39 is 11.6 Å². The zero-order chi connectivity index (χ0) is 28.1. The van der Waals surface area contributed by atoms with Gasteiger partial charge in [-0.05, 0) is 53.8 Å². The number of morpholine rings is 1. The Hall–Kier alpha value is -4.08.